The SMILES string of the molecule is COC(=O)[C@H](C[C@@]1(C(=O)OC)CCC/C1=N\C(SI)c1ccc(OC)cc1)NC(C)=O. The Hall–Kier alpha value is -1.82. The highest BCUT2D eigenvalue weighted by atomic mass is 127. The topological polar surface area (TPSA) is 103 Å². The van der Waals surface area contributed by atoms with Gasteiger partial charge in [-0.05, 0) is 64.6 Å². The predicted octanol–water partition coefficient (Wildman–Crippen LogP) is 3.63. The van der Waals surface area contributed by atoms with E-state index in [4.69, 9.17) is 19.2 Å². The predicted molar refractivity (Wildman–Crippen MR) is 127 cm³/mol. The number of carbonyl (C=O) groups excluding carboxylic acids is 3. The van der Waals surface area contributed by atoms with Crippen LogP contribution in [0.5, 0.6) is 5.75 Å². The van der Waals surface area contributed by atoms with Gasteiger partial charge in [0.1, 0.15) is 22.6 Å². The van der Waals surface area contributed by atoms with Gasteiger partial charge in [-0.25, -0.2) is 4.79 Å². The Labute approximate surface area is 198 Å². The van der Waals surface area contributed by atoms with Crippen LogP contribution in [0.2, 0.25) is 0 Å². The van der Waals surface area contributed by atoms with Crippen LogP contribution in [0.4, 0.5) is 0 Å². The molecule has 31 heavy (non-hydrogen) atoms. The molecule has 0 saturated heterocycles. The molecule has 170 valence electrons. The number of ether oxygens (including phenoxy) is 3. The van der Waals surface area contributed by atoms with Gasteiger partial charge in [-0.1, -0.05) is 21.1 Å². The van der Waals surface area contributed by atoms with Crippen LogP contribution in [0, 0.1) is 5.41 Å². The molecule has 1 aliphatic carbocycles. The van der Waals surface area contributed by atoms with E-state index in [2.05, 4.69) is 26.5 Å². The maximum atomic E-state index is 13.0. The van der Waals surface area contributed by atoms with Crippen LogP contribution in [0.25, 0.3) is 0 Å². The van der Waals surface area contributed by atoms with Crippen molar-refractivity contribution in [3.05, 3.63) is 29.8 Å². The number of amides is 1. The first kappa shape index (κ1) is 25.4. The maximum absolute atomic E-state index is 13.0. The number of nitrogens with one attached hydrogen (secondary N) is 1. The van der Waals surface area contributed by atoms with Crippen molar-refractivity contribution in [2.45, 2.75) is 44.0 Å². The number of halogens is 1. The third-order valence-electron chi connectivity index (χ3n) is 5.32. The van der Waals surface area contributed by atoms with Crippen molar-refractivity contribution in [2.24, 2.45) is 10.4 Å². The normalized spacial score (nSPS) is 21.3. The van der Waals surface area contributed by atoms with E-state index in [-0.39, 0.29) is 17.7 Å². The number of benzene rings is 1. The lowest BCUT2D eigenvalue weighted by Crippen LogP contribution is -2.48. The Balaban J connectivity index is 2.45. The standard InChI is InChI=1S/C21H27IN2O6S/c1-13(25)23-16(19(26)29-3)12-21(20(27)30-4)11-5-6-17(21)24-18(31-22)14-7-9-15(28-2)10-8-14/h7-10,16,18H,5-6,11-12H2,1-4H3,(H,23,25)/b24-17+/t16-,18?,21-/m0/s1. The molecular formula is C21H27IN2O6S. The van der Waals surface area contributed by atoms with Gasteiger partial charge in [0.25, 0.3) is 0 Å². The lowest BCUT2D eigenvalue weighted by atomic mass is 9.78. The Bertz CT molecular complexity index is 832. The summed E-state index contributed by atoms with van der Waals surface area (Å²) >= 11 is 2.19. The third-order valence-corrected chi connectivity index (χ3v) is 7.31. The number of carbonyl (C=O) groups is 3. The molecule has 1 fully saturated rings. The maximum Gasteiger partial charge on any atom is 0.328 e. The molecule has 1 unspecified atom stereocenters. The monoisotopic (exact) mass is 562 g/mol. The van der Waals surface area contributed by atoms with Crippen LogP contribution in [0.1, 0.15) is 43.5 Å². The number of methoxy groups -OCH3 is 3. The van der Waals surface area contributed by atoms with Gasteiger partial charge in [0.2, 0.25) is 5.91 Å². The van der Waals surface area contributed by atoms with Gasteiger partial charge in [0.15, 0.2) is 0 Å². The molecule has 1 aromatic carbocycles. The van der Waals surface area contributed by atoms with E-state index in [1.807, 2.05) is 24.3 Å². The highest BCUT2D eigenvalue weighted by Gasteiger charge is 2.50. The fourth-order valence-electron chi connectivity index (χ4n) is 3.83. The molecule has 0 radical (unpaired) electrons. The van der Waals surface area contributed by atoms with Gasteiger partial charge in [0.05, 0.1) is 21.3 Å². The summed E-state index contributed by atoms with van der Waals surface area (Å²) in [5.74, 6) is -0.713. The molecule has 10 heteroatoms. The average molecular weight is 562 g/mol. The number of hydrogen-bond acceptors (Lipinski definition) is 8. The van der Waals surface area contributed by atoms with Crippen molar-refractivity contribution in [1.29, 1.82) is 0 Å². The van der Waals surface area contributed by atoms with Crippen molar-refractivity contribution in [3.63, 3.8) is 0 Å². The second kappa shape index (κ2) is 11.7. The summed E-state index contributed by atoms with van der Waals surface area (Å²) in [5, 5.41) is 2.35. The Kier molecular flexibility index (Phi) is 9.60. The van der Waals surface area contributed by atoms with Crippen molar-refractivity contribution in [3.8, 4) is 5.75 Å². The molecule has 1 N–H and O–H groups in total. The number of esters is 2. The van der Waals surface area contributed by atoms with Crippen molar-refractivity contribution in [2.75, 3.05) is 21.3 Å². The molecule has 1 amide bonds. The second-order valence-electron chi connectivity index (χ2n) is 7.20. The van der Waals surface area contributed by atoms with Gasteiger partial charge in [-0.2, -0.15) is 0 Å². The molecule has 8 nitrogen and oxygen atoms in total. The molecule has 0 aromatic heterocycles. The van der Waals surface area contributed by atoms with E-state index in [0.717, 1.165) is 17.7 Å². The fraction of sp³-hybridized carbons (Fsp3) is 0.524. The number of nitrogens with zero attached hydrogens (tertiary/aromatic N) is 1. The van der Waals surface area contributed by atoms with Crippen molar-refractivity contribution >= 4 is 53.7 Å². The lowest BCUT2D eigenvalue weighted by molar-refractivity contribution is -0.152. The largest absolute Gasteiger partial charge is 0.497 e. The third kappa shape index (κ3) is 6.12. The van der Waals surface area contributed by atoms with E-state index < -0.39 is 23.4 Å². The second-order valence-corrected chi connectivity index (χ2v) is 9.35. The summed E-state index contributed by atoms with van der Waals surface area (Å²) in [6.07, 6.45) is 1.84. The first-order valence-corrected chi connectivity index (χ1v) is 13.1. The molecule has 1 saturated carbocycles. The summed E-state index contributed by atoms with van der Waals surface area (Å²) in [6.45, 7) is 1.32. The van der Waals surface area contributed by atoms with Crippen LogP contribution in [0.15, 0.2) is 29.3 Å². The molecule has 0 heterocycles. The van der Waals surface area contributed by atoms with Crippen LogP contribution >= 0.6 is 30.1 Å². The zero-order chi connectivity index (χ0) is 23.0. The summed E-state index contributed by atoms with van der Waals surface area (Å²) < 4.78 is 15.2. The molecule has 0 spiro atoms. The number of rotatable bonds is 9. The van der Waals surface area contributed by atoms with Crippen molar-refractivity contribution < 1.29 is 28.6 Å². The molecular weight excluding hydrogens is 535 g/mol. The first-order valence-electron chi connectivity index (χ1n) is 9.73. The summed E-state index contributed by atoms with van der Waals surface area (Å²) in [6, 6.07) is 6.62. The van der Waals surface area contributed by atoms with Crippen LogP contribution in [0.3, 0.4) is 0 Å². The Morgan fingerprint density at radius 3 is 2.39 bits per heavy atom. The molecule has 0 aliphatic heterocycles. The van der Waals surface area contributed by atoms with Gasteiger partial charge in [0, 0.05) is 12.6 Å². The Morgan fingerprint density at radius 1 is 1.19 bits per heavy atom. The number of hydrogen-bond donors (Lipinski definition) is 1. The van der Waals surface area contributed by atoms with E-state index in [1.54, 1.807) is 7.11 Å². The van der Waals surface area contributed by atoms with E-state index >= 15 is 0 Å². The minimum Gasteiger partial charge on any atom is -0.497 e. The molecule has 1 aromatic rings. The highest BCUT2D eigenvalue weighted by molar-refractivity contribution is 14.2. The Morgan fingerprint density at radius 2 is 1.87 bits per heavy atom. The average Bonchev–Trinajstić information content (AvgIpc) is 3.18. The van der Waals surface area contributed by atoms with E-state index in [1.165, 1.54) is 30.1 Å². The minimum atomic E-state index is -1.10. The fourth-order valence-corrected chi connectivity index (χ4v) is 5.48. The van der Waals surface area contributed by atoms with E-state index in [9.17, 15) is 14.4 Å². The van der Waals surface area contributed by atoms with Gasteiger partial charge in [-0.3, -0.25) is 14.6 Å². The zero-order valence-electron chi connectivity index (χ0n) is 18.0. The van der Waals surface area contributed by atoms with Crippen molar-refractivity contribution in [1.82, 2.24) is 5.32 Å². The van der Waals surface area contributed by atoms with Crippen LogP contribution in [-0.4, -0.2) is 50.9 Å². The summed E-state index contributed by atoms with van der Waals surface area (Å²) in [5.41, 5.74) is 0.529. The summed E-state index contributed by atoms with van der Waals surface area (Å²) in [7, 11) is 5.69. The smallest absolute Gasteiger partial charge is 0.328 e. The molecule has 2 rings (SSSR count). The van der Waals surface area contributed by atoms with Gasteiger partial charge in [-0.15, -0.1) is 0 Å². The van der Waals surface area contributed by atoms with Crippen LogP contribution < -0.4 is 10.1 Å². The molecule has 1 aliphatic rings. The quantitative estimate of drug-likeness (QED) is 0.362. The van der Waals surface area contributed by atoms with E-state index in [0.29, 0.717) is 18.6 Å². The summed E-state index contributed by atoms with van der Waals surface area (Å²) in [4.78, 5) is 41.9. The van der Waals surface area contributed by atoms with Crippen LogP contribution in [-0.2, 0) is 23.9 Å². The highest BCUT2D eigenvalue weighted by Crippen LogP contribution is 2.45. The number of aliphatic imine (C=N–C) groups is 1. The van der Waals surface area contributed by atoms with Gasteiger partial charge < -0.3 is 19.5 Å². The minimum absolute atomic E-state index is 0.0337. The zero-order valence-corrected chi connectivity index (χ0v) is 20.9. The molecule has 3 atom stereocenters. The first-order chi connectivity index (χ1) is 14.8. The molecule has 0 bridgehead atoms. The van der Waals surface area contributed by atoms with Gasteiger partial charge >= 0.3 is 11.9 Å². The lowest BCUT2D eigenvalue weighted by Gasteiger charge is -2.31.